The van der Waals surface area contributed by atoms with Crippen LogP contribution in [0.25, 0.3) is 0 Å². The highest BCUT2D eigenvalue weighted by atomic mass is 16.5. The lowest BCUT2D eigenvalue weighted by Gasteiger charge is -2.41. The molecule has 1 fully saturated rings. The number of hydrogen-bond acceptors (Lipinski definition) is 2. The first-order chi connectivity index (χ1) is 7.80. The van der Waals surface area contributed by atoms with Gasteiger partial charge in [0.1, 0.15) is 0 Å². The van der Waals surface area contributed by atoms with Crippen LogP contribution >= 0.6 is 0 Å². The minimum Gasteiger partial charge on any atom is -0.373 e. The molecule has 0 spiro atoms. The van der Waals surface area contributed by atoms with Crippen LogP contribution in [0.15, 0.2) is 30.3 Å². The molecule has 88 valence electrons. The molecule has 1 aromatic rings. The normalized spacial score (nSPS) is 20.9. The van der Waals surface area contributed by atoms with Gasteiger partial charge in [0.05, 0.1) is 5.60 Å². The largest absolute Gasteiger partial charge is 0.373 e. The quantitative estimate of drug-likeness (QED) is 0.775. The number of piperidine rings is 1. The number of benzene rings is 1. The van der Waals surface area contributed by atoms with E-state index in [-0.39, 0.29) is 5.60 Å². The molecule has 16 heavy (non-hydrogen) atoms. The van der Waals surface area contributed by atoms with E-state index < -0.39 is 0 Å². The summed E-state index contributed by atoms with van der Waals surface area (Å²) in [6.07, 6.45) is 2.20. The van der Waals surface area contributed by atoms with Crippen LogP contribution in [0.3, 0.4) is 0 Å². The molecule has 2 rings (SSSR count). The smallest absolute Gasteiger partial charge is 0.0951 e. The van der Waals surface area contributed by atoms with Gasteiger partial charge in [-0.2, -0.15) is 0 Å². The highest BCUT2D eigenvalue weighted by Gasteiger charge is 2.35. The molecule has 1 aliphatic rings. The Hall–Kier alpha value is -0.860. The van der Waals surface area contributed by atoms with E-state index in [1.54, 1.807) is 0 Å². The van der Waals surface area contributed by atoms with Gasteiger partial charge in [0.15, 0.2) is 0 Å². The summed E-state index contributed by atoms with van der Waals surface area (Å²) in [6, 6.07) is 10.6. The zero-order chi connectivity index (χ0) is 11.4. The standard InChI is InChI=1S/C14H21NO/c1-3-15-11-9-14(16-2,10-12-15)13-7-5-4-6-8-13/h4-8H,3,9-12H2,1-2H3. The second-order valence-corrected chi connectivity index (χ2v) is 4.50. The van der Waals surface area contributed by atoms with Gasteiger partial charge in [0, 0.05) is 20.2 Å². The Balaban J connectivity index is 2.16. The van der Waals surface area contributed by atoms with E-state index in [9.17, 15) is 0 Å². The molecule has 0 aliphatic carbocycles. The van der Waals surface area contributed by atoms with Crippen LogP contribution in [0.4, 0.5) is 0 Å². The van der Waals surface area contributed by atoms with Crippen molar-refractivity contribution in [2.45, 2.75) is 25.4 Å². The van der Waals surface area contributed by atoms with Gasteiger partial charge in [-0.15, -0.1) is 0 Å². The second kappa shape index (κ2) is 4.98. The fourth-order valence-corrected chi connectivity index (χ4v) is 2.58. The molecule has 0 amide bonds. The number of rotatable bonds is 3. The zero-order valence-corrected chi connectivity index (χ0v) is 10.3. The topological polar surface area (TPSA) is 12.5 Å². The van der Waals surface area contributed by atoms with Gasteiger partial charge in [-0.25, -0.2) is 0 Å². The molecule has 0 saturated carbocycles. The molecule has 2 nitrogen and oxygen atoms in total. The summed E-state index contributed by atoms with van der Waals surface area (Å²) in [5, 5.41) is 0. The Morgan fingerprint density at radius 1 is 1.19 bits per heavy atom. The Morgan fingerprint density at radius 3 is 2.31 bits per heavy atom. The maximum atomic E-state index is 5.83. The fourth-order valence-electron chi connectivity index (χ4n) is 2.58. The summed E-state index contributed by atoms with van der Waals surface area (Å²) >= 11 is 0. The summed E-state index contributed by atoms with van der Waals surface area (Å²) < 4.78 is 5.83. The Bertz CT molecular complexity index is 315. The number of nitrogens with zero attached hydrogens (tertiary/aromatic N) is 1. The van der Waals surface area contributed by atoms with Crippen molar-refractivity contribution in [3.8, 4) is 0 Å². The molecule has 0 N–H and O–H groups in total. The first kappa shape index (κ1) is 11.6. The summed E-state index contributed by atoms with van der Waals surface area (Å²) in [5.41, 5.74) is 1.28. The van der Waals surface area contributed by atoms with E-state index in [1.165, 1.54) is 5.56 Å². The monoisotopic (exact) mass is 219 g/mol. The fraction of sp³-hybridized carbons (Fsp3) is 0.571. The van der Waals surface area contributed by atoms with Crippen LogP contribution < -0.4 is 0 Å². The lowest BCUT2D eigenvalue weighted by atomic mass is 9.84. The predicted octanol–water partition coefficient (Wildman–Crippen LogP) is 2.64. The van der Waals surface area contributed by atoms with Crippen molar-refractivity contribution in [3.63, 3.8) is 0 Å². The van der Waals surface area contributed by atoms with Crippen molar-refractivity contribution in [2.24, 2.45) is 0 Å². The minimum atomic E-state index is -0.0487. The van der Waals surface area contributed by atoms with E-state index in [1.807, 2.05) is 7.11 Å². The van der Waals surface area contributed by atoms with Crippen LogP contribution in [0.5, 0.6) is 0 Å². The van der Waals surface area contributed by atoms with Gasteiger partial charge in [0.2, 0.25) is 0 Å². The van der Waals surface area contributed by atoms with Crippen LogP contribution in [-0.2, 0) is 10.3 Å². The summed E-state index contributed by atoms with van der Waals surface area (Å²) in [5.74, 6) is 0. The molecule has 1 aliphatic heterocycles. The first-order valence-corrected chi connectivity index (χ1v) is 6.14. The molecular weight excluding hydrogens is 198 g/mol. The highest BCUT2D eigenvalue weighted by molar-refractivity contribution is 5.23. The van der Waals surface area contributed by atoms with E-state index in [0.717, 1.165) is 32.5 Å². The third kappa shape index (κ3) is 2.13. The van der Waals surface area contributed by atoms with Crippen LogP contribution in [0.1, 0.15) is 25.3 Å². The van der Waals surface area contributed by atoms with E-state index >= 15 is 0 Å². The van der Waals surface area contributed by atoms with Crippen molar-refractivity contribution in [1.29, 1.82) is 0 Å². The lowest BCUT2D eigenvalue weighted by molar-refractivity contribution is -0.0616. The van der Waals surface area contributed by atoms with Crippen LogP contribution in [-0.4, -0.2) is 31.6 Å². The molecule has 1 saturated heterocycles. The second-order valence-electron chi connectivity index (χ2n) is 4.50. The van der Waals surface area contributed by atoms with Gasteiger partial charge < -0.3 is 9.64 Å². The highest BCUT2D eigenvalue weighted by Crippen LogP contribution is 2.35. The Labute approximate surface area is 98.2 Å². The summed E-state index contributed by atoms with van der Waals surface area (Å²) in [4.78, 5) is 2.49. The Kier molecular flexibility index (Phi) is 3.62. The van der Waals surface area contributed by atoms with Crippen molar-refractivity contribution in [2.75, 3.05) is 26.7 Å². The molecule has 1 heterocycles. The molecule has 0 atom stereocenters. The first-order valence-electron chi connectivity index (χ1n) is 6.14. The van der Waals surface area contributed by atoms with Gasteiger partial charge in [-0.05, 0) is 24.9 Å². The summed E-state index contributed by atoms with van der Waals surface area (Å²) in [6.45, 7) is 5.65. The maximum Gasteiger partial charge on any atom is 0.0951 e. The number of likely N-dealkylation sites (tertiary alicyclic amines) is 1. The van der Waals surface area contributed by atoms with E-state index in [0.29, 0.717) is 0 Å². The molecule has 0 bridgehead atoms. The van der Waals surface area contributed by atoms with Gasteiger partial charge >= 0.3 is 0 Å². The van der Waals surface area contributed by atoms with Gasteiger partial charge in [-0.3, -0.25) is 0 Å². The zero-order valence-electron chi connectivity index (χ0n) is 10.3. The SMILES string of the molecule is CCN1CCC(OC)(c2ccccc2)CC1. The van der Waals surface area contributed by atoms with E-state index in [2.05, 4.69) is 42.2 Å². The summed E-state index contributed by atoms with van der Waals surface area (Å²) in [7, 11) is 1.84. The maximum absolute atomic E-state index is 5.83. The third-order valence-corrected chi connectivity index (χ3v) is 3.80. The number of ether oxygens (including phenoxy) is 1. The molecule has 0 aromatic heterocycles. The van der Waals surface area contributed by atoms with Gasteiger partial charge in [0.25, 0.3) is 0 Å². The molecule has 1 aromatic carbocycles. The van der Waals surface area contributed by atoms with Crippen LogP contribution in [0, 0.1) is 0 Å². The van der Waals surface area contributed by atoms with Crippen molar-refractivity contribution >= 4 is 0 Å². The minimum absolute atomic E-state index is 0.0487. The van der Waals surface area contributed by atoms with Crippen molar-refractivity contribution in [3.05, 3.63) is 35.9 Å². The lowest BCUT2D eigenvalue weighted by Crippen LogP contribution is -2.43. The molecule has 2 heteroatoms. The average Bonchev–Trinajstić information content (AvgIpc) is 2.40. The van der Waals surface area contributed by atoms with E-state index in [4.69, 9.17) is 4.74 Å². The van der Waals surface area contributed by atoms with Crippen molar-refractivity contribution < 1.29 is 4.74 Å². The molecular formula is C14H21NO. The third-order valence-electron chi connectivity index (χ3n) is 3.80. The van der Waals surface area contributed by atoms with Crippen molar-refractivity contribution in [1.82, 2.24) is 4.90 Å². The molecule has 0 radical (unpaired) electrons. The number of hydrogen-bond donors (Lipinski definition) is 0. The number of methoxy groups -OCH3 is 1. The predicted molar refractivity (Wildman–Crippen MR) is 66.5 cm³/mol. The van der Waals surface area contributed by atoms with Crippen LogP contribution in [0.2, 0.25) is 0 Å². The average molecular weight is 219 g/mol. The Morgan fingerprint density at radius 2 is 1.81 bits per heavy atom. The van der Waals surface area contributed by atoms with Gasteiger partial charge in [-0.1, -0.05) is 37.3 Å². The molecule has 0 unspecified atom stereocenters.